The molecule has 1 atom stereocenters. The van der Waals surface area contributed by atoms with E-state index in [0.717, 1.165) is 12.8 Å². The molecule has 0 amide bonds. The molecule has 114 valence electrons. The molecule has 0 aliphatic heterocycles. The second-order valence-electron chi connectivity index (χ2n) is 6.22. The van der Waals surface area contributed by atoms with Gasteiger partial charge in [-0.1, -0.05) is 72.8 Å². The fourth-order valence-electron chi connectivity index (χ4n) is 3.65. The summed E-state index contributed by atoms with van der Waals surface area (Å²) in [6.45, 7) is 0. The molecule has 0 N–H and O–H groups in total. The molecule has 23 heavy (non-hydrogen) atoms. The van der Waals surface area contributed by atoms with E-state index < -0.39 is 0 Å². The van der Waals surface area contributed by atoms with Crippen LogP contribution in [0.5, 0.6) is 0 Å². The third-order valence-corrected chi connectivity index (χ3v) is 6.04. The number of fused-ring (bicyclic) bond motifs is 3. The molecule has 0 fully saturated rings. The average molecular weight is 410 g/mol. The molecule has 0 bridgehead atoms. The molecule has 3 aromatic carbocycles. The molecule has 3 aromatic rings. The van der Waals surface area contributed by atoms with Crippen LogP contribution in [0.3, 0.4) is 0 Å². The van der Waals surface area contributed by atoms with Crippen LogP contribution in [0.1, 0.15) is 29.0 Å². The smallest absolute Gasteiger partial charge is 0.0150 e. The Hall–Kier alpha value is -1.61. The van der Waals surface area contributed by atoms with E-state index in [4.69, 9.17) is 0 Å². The highest BCUT2D eigenvalue weighted by molar-refractivity contribution is 14.1. The van der Waals surface area contributed by atoms with E-state index in [1.54, 1.807) is 0 Å². The molecule has 0 saturated carbocycles. The SMILES string of the molecule is IC1=CCc2c(ccc3ccccc23)C1CCc1ccccc1. The van der Waals surface area contributed by atoms with Crippen molar-refractivity contribution < 1.29 is 0 Å². The minimum Gasteiger partial charge on any atom is -0.0702 e. The van der Waals surface area contributed by atoms with Gasteiger partial charge >= 0.3 is 0 Å². The summed E-state index contributed by atoms with van der Waals surface area (Å²) in [6.07, 6.45) is 5.81. The highest BCUT2D eigenvalue weighted by Gasteiger charge is 2.22. The van der Waals surface area contributed by atoms with Crippen LogP contribution >= 0.6 is 22.6 Å². The van der Waals surface area contributed by atoms with Crippen LogP contribution in [0, 0.1) is 0 Å². The Morgan fingerprint density at radius 1 is 0.870 bits per heavy atom. The minimum absolute atomic E-state index is 0.546. The summed E-state index contributed by atoms with van der Waals surface area (Å²) in [5.41, 5.74) is 4.50. The van der Waals surface area contributed by atoms with Crippen molar-refractivity contribution in [3.05, 3.63) is 93.1 Å². The summed E-state index contributed by atoms with van der Waals surface area (Å²) >= 11 is 2.54. The molecule has 0 aromatic heterocycles. The fraction of sp³-hybridized carbons (Fsp3) is 0.182. The number of rotatable bonds is 3. The maximum Gasteiger partial charge on any atom is 0.0150 e. The predicted molar refractivity (Wildman–Crippen MR) is 107 cm³/mol. The lowest BCUT2D eigenvalue weighted by atomic mass is 9.82. The number of hydrogen-bond donors (Lipinski definition) is 0. The van der Waals surface area contributed by atoms with E-state index in [-0.39, 0.29) is 0 Å². The van der Waals surface area contributed by atoms with E-state index in [2.05, 4.69) is 95.4 Å². The van der Waals surface area contributed by atoms with Crippen LogP contribution in [-0.4, -0.2) is 0 Å². The number of allylic oxidation sites excluding steroid dienone is 2. The highest BCUT2D eigenvalue weighted by Crippen LogP contribution is 2.41. The van der Waals surface area contributed by atoms with E-state index in [9.17, 15) is 0 Å². The molecule has 0 spiro atoms. The average Bonchev–Trinajstić information content (AvgIpc) is 2.61. The Balaban J connectivity index is 1.69. The van der Waals surface area contributed by atoms with E-state index in [0.29, 0.717) is 5.92 Å². The van der Waals surface area contributed by atoms with Crippen molar-refractivity contribution in [2.24, 2.45) is 0 Å². The van der Waals surface area contributed by atoms with E-state index >= 15 is 0 Å². The van der Waals surface area contributed by atoms with Crippen molar-refractivity contribution in [2.75, 3.05) is 0 Å². The third kappa shape index (κ3) is 2.94. The van der Waals surface area contributed by atoms with Gasteiger partial charge in [0, 0.05) is 5.92 Å². The molecule has 0 nitrogen and oxygen atoms in total. The Morgan fingerprint density at radius 3 is 2.52 bits per heavy atom. The van der Waals surface area contributed by atoms with Crippen LogP contribution in [0.4, 0.5) is 0 Å². The quantitative estimate of drug-likeness (QED) is 0.437. The first-order valence-corrected chi connectivity index (χ1v) is 9.31. The third-order valence-electron chi connectivity index (χ3n) is 4.85. The van der Waals surface area contributed by atoms with Crippen molar-refractivity contribution in [3.8, 4) is 0 Å². The van der Waals surface area contributed by atoms with Crippen LogP contribution in [0.25, 0.3) is 10.8 Å². The summed E-state index contributed by atoms with van der Waals surface area (Å²) in [7, 11) is 0. The maximum atomic E-state index is 2.54. The number of aryl methyl sites for hydroxylation is 1. The van der Waals surface area contributed by atoms with Crippen LogP contribution in [0.2, 0.25) is 0 Å². The standard InChI is InChI=1S/C22H19I/c23-22-15-14-19-18-9-5-4-8-17(18)11-13-20(19)21(22)12-10-16-6-2-1-3-7-16/h1-9,11,13,15,21H,10,12,14H2. The first-order chi connectivity index (χ1) is 11.3. The molecule has 0 radical (unpaired) electrons. The number of halogens is 1. The first-order valence-electron chi connectivity index (χ1n) is 8.23. The first kappa shape index (κ1) is 14.9. The van der Waals surface area contributed by atoms with Gasteiger partial charge in [0.15, 0.2) is 0 Å². The number of benzene rings is 3. The van der Waals surface area contributed by atoms with Crippen molar-refractivity contribution >= 4 is 33.4 Å². The van der Waals surface area contributed by atoms with Crippen LogP contribution in [0.15, 0.2) is 76.4 Å². The monoisotopic (exact) mass is 410 g/mol. The minimum atomic E-state index is 0.546. The van der Waals surface area contributed by atoms with Gasteiger partial charge in [-0.3, -0.25) is 0 Å². The lowest BCUT2D eigenvalue weighted by molar-refractivity contribution is 0.716. The Kier molecular flexibility index (Phi) is 4.21. The second-order valence-corrected chi connectivity index (χ2v) is 7.47. The lowest BCUT2D eigenvalue weighted by Crippen LogP contribution is -2.09. The molecule has 0 heterocycles. The molecule has 0 saturated heterocycles. The Bertz CT molecular complexity index is 862. The highest BCUT2D eigenvalue weighted by atomic mass is 127. The Labute approximate surface area is 151 Å². The topological polar surface area (TPSA) is 0 Å². The molecule has 1 unspecified atom stereocenters. The summed E-state index contributed by atoms with van der Waals surface area (Å²) in [5.74, 6) is 0.546. The zero-order valence-electron chi connectivity index (χ0n) is 13.0. The molecule has 1 aliphatic rings. The zero-order chi connectivity index (χ0) is 15.6. The van der Waals surface area contributed by atoms with Gasteiger partial charge in [0.1, 0.15) is 0 Å². The van der Waals surface area contributed by atoms with Gasteiger partial charge in [-0.15, -0.1) is 0 Å². The van der Waals surface area contributed by atoms with Crippen molar-refractivity contribution in [3.63, 3.8) is 0 Å². The molecule has 1 heteroatoms. The van der Waals surface area contributed by atoms with Gasteiger partial charge in [0.2, 0.25) is 0 Å². The molecular weight excluding hydrogens is 391 g/mol. The maximum absolute atomic E-state index is 2.54. The van der Waals surface area contributed by atoms with Gasteiger partial charge in [-0.2, -0.15) is 0 Å². The summed E-state index contributed by atoms with van der Waals surface area (Å²) < 4.78 is 1.50. The summed E-state index contributed by atoms with van der Waals surface area (Å²) in [6, 6.07) is 24.3. The fourth-order valence-corrected chi connectivity index (χ4v) is 4.51. The van der Waals surface area contributed by atoms with E-state index in [1.807, 2.05) is 0 Å². The normalized spacial score (nSPS) is 16.9. The van der Waals surface area contributed by atoms with Crippen LogP contribution < -0.4 is 0 Å². The predicted octanol–water partition coefficient (Wildman–Crippen LogP) is 6.43. The summed E-state index contributed by atoms with van der Waals surface area (Å²) in [5, 5.41) is 2.79. The summed E-state index contributed by atoms with van der Waals surface area (Å²) in [4.78, 5) is 0. The van der Waals surface area contributed by atoms with Crippen molar-refractivity contribution in [1.82, 2.24) is 0 Å². The van der Waals surface area contributed by atoms with Gasteiger partial charge in [-0.25, -0.2) is 0 Å². The molecule has 4 rings (SSSR count). The lowest BCUT2D eigenvalue weighted by Gasteiger charge is -2.26. The van der Waals surface area contributed by atoms with Gasteiger partial charge < -0.3 is 0 Å². The molecular formula is C22H19I. The van der Waals surface area contributed by atoms with Crippen molar-refractivity contribution in [1.29, 1.82) is 0 Å². The number of hydrogen-bond acceptors (Lipinski definition) is 0. The van der Waals surface area contributed by atoms with Gasteiger partial charge in [0.25, 0.3) is 0 Å². The van der Waals surface area contributed by atoms with Gasteiger partial charge in [0.05, 0.1) is 0 Å². The largest absolute Gasteiger partial charge is 0.0702 e. The second kappa shape index (κ2) is 6.48. The van der Waals surface area contributed by atoms with E-state index in [1.165, 1.54) is 37.5 Å². The Morgan fingerprint density at radius 2 is 1.65 bits per heavy atom. The molecule has 1 aliphatic carbocycles. The zero-order valence-corrected chi connectivity index (χ0v) is 15.2. The van der Waals surface area contributed by atoms with Gasteiger partial charge in [-0.05, 0) is 72.9 Å². The van der Waals surface area contributed by atoms with Crippen LogP contribution in [-0.2, 0) is 12.8 Å². The van der Waals surface area contributed by atoms with Crippen molar-refractivity contribution in [2.45, 2.75) is 25.2 Å².